The SMILES string of the molecule is Nc1nc2nccc(I)c2o1. The Bertz CT molecular complexity index is 398. The molecule has 5 heteroatoms. The maximum Gasteiger partial charge on any atom is 0.294 e. The van der Waals surface area contributed by atoms with Gasteiger partial charge in [0.25, 0.3) is 6.01 Å². The van der Waals surface area contributed by atoms with Crippen LogP contribution >= 0.6 is 22.6 Å². The van der Waals surface area contributed by atoms with Crippen molar-refractivity contribution in [2.24, 2.45) is 0 Å². The van der Waals surface area contributed by atoms with Crippen LogP contribution in [0.3, 0.4) is 0 Å². The number of fused-ring (bicyclic) bond motifs is 1. The number of hydrogen-bond acceptors (Lipinski definition) is 4. The van der Waals surface area contributed by atoms with Crippen molar-refractivity contribution in [1.29, 1.82) is 0 Å². The fourth-order valence-electron chi connectivity index (χ4n) is 0.820. The minimum atomic E-state index is 0.164. The van der Waals surface area contributed by atoms with Gasteiger partial charge in [-0.2, -0.15) is 4.98 Å². The fraction of sp³-hybridized carbons (Fsp3) is 0. The maximum absolute atomic E-state index is 5.34. The standard InChI is InChI=1S/C6H4IN3O/c7-3-1-2-9-5-4(3)11-6(8)10-5/h1-2H,(H2,8,9,10). The molecule has 56 valence electrons. The Kier molecular flexibility index (Phi) is 1.45. The second kappa shape index (κ2) is 2.33. The first-order valence-electron chi connectivity index (χ1n) is 2.94. The zero-order valence-corrected chi connectivity index (χ0v) is 7.57. The molecule has 2 rings (SSSR count). The van der Waals surface area contributed by atoms with Gasteiger partial charge in [-0.25, -0.2) is 4.98 Å². The highest BCUT2D eigenvalue weighted by molar-refractivity contribution is 14.1. The summed E-state index contributed by atoms with van der Waals surface area (Å²) < 4.78 is 6.06. The van der Waals surface area contributed by atoms with Crippen molar-refractivity contribution >= 4 is 39.8 Å². The predicted molar refractivity (Wildman–Crippen MR) is 48.9 cm³/mol. The lowest BCUT2D eigenvalue weighted by Crippen LogP contribution is -1.81. The summed E-state index contributed by atoms with van der Waals surface area (Å²) in [6, 6.07) is 2.00. The van der Waals surface area contributed by atoms with Gasteiger partial charge in [-0.05, 0) is 28.7 Å². The van der Waals surface area contributed by atoms with Crippen molar-refractivity contribution in [1.82, 2.24) is 9.97 Å². The molecule has 2 aromatic rings. The maximum atomic E-state index is 5.34. The minimum absolute atomic E-state index is 0.164. The lowest BCUT2D eigenvalue weighted by molar-refractivity contribution is 0.624. The summed E-state index contributed by atoms with van der Waals surface area (Å²) in [6.07, 6.45) is 1.67. The molecule has 0 bridgehead atoms. The smallest absolute Gasteiger partial charge is 0.294 e. The first-order valence-corrected chi connectivity index (χ1v) is 4.02. The second-order valence-electron chi connectivity index (χ2n) is 2.00. The van der Waals surface area contributed by atoms with Crippen LogP contribution in [-0.2, 0) is 0 Å². The van der Waals surface area contributed by atoms with E-state index in [1.807, 2.05) is 6.07 Å². The van der Waals surface area contributed by atoms with Crippen molar-refractivity contribution in [3.8, 4) is 0 Å². The highest BCUT2D eigenvalue weighted by Crippen LogP contribution is 2.19. The van der Waals surface area contributed by atoms with Gasteiger partial charge in [0, 0.05) is 6.20 Å². The largest absolute Gasteiger partial charge is 0.421 e. The van der Waals surface area contributed by atoms with E-state index in [4.69, 9.17) is 10.2 Å². The Morgan fingerprint density at radius 3 is 3.09 bits per heavy atom. The number of oxazole rings is 1. The van der Waals surface area contributed by atoms with Crippen LogP contribution in [0.5, 0.6) is 0 Å². The second-order valence-corrected chi connectivity index (χ2v) is 3.16. The summed E-state index contributed by atoms with van der Waals surface area (Å²) in [6.45, 7) is 0. The Morgan fingerprint density at radius 1 is 1.55 bits per heavy atom. The molecule has 0 aliphatic rings. The molecule has 0 aliphatic carbocycles. The van der Waals surface area contributed by atoms with Crippen molar-refractivity contribution in [2.45, 2.75) is 0 Å². The van der Waals surface area contributed by atoms with Gasteiger partial charge < -0.3 is 10.2 Å². The predicted octanol–water partition coefficient (Wildman–Crippen LogP) is 1.41. The molecular weight excluding hydrogens is 257 g/mol. The van der Waals surface area contributed by atoms with Crippen molar-refractivity contribution in [3.05, 3.63) is 15.8 Å². The van der Waals surface area contributed by atoms with E-state index in [-0.39, 0.29) is 6.01 Å². The van der Waals surface area contributed by atoms with E-state index in [2.05, 4.69) is 32.6 Å². The van der Waals surface area contributed by atoms with Gasteiger partial charge in [0.1, 0.15) is 0 Å². The number of nitrogen functional groups attached to an aromatic ring is 1. The van der Waals surface area contributed by atoms with E-state index < -0.39 is 0 Å². The van der Waals surface area contributed by atoms with Crippen molar-refractivity contribution < 1.29 is 4.42 Å². The molecule has 11 heavy (non-hydrogen) atoms. The zero-order valence-electron chi connectivity index (χ0n) is 5.41. The monoisotopic (exact) mass is 261 g/mol. The van der Waals surface area contributed by atoms with Crippen LogP contribution in [0.2, 0.25) is 0 Å². The van der Waals surface area contributed by atoms with Crippen LogP contribution in [-0.4, -0.2) is 9.97 Å². The third kappa shape index (κ3) is 1.05. The van der Waals surface area contributed by atoms with E-state index in [9.17, 15) is 0 Å². The molecule has 2 aromatic heterocycles. The third-order valence-electron chi connectivity index (χ3n) is 1.26. The summed E-state index contributed by atoms with van der Waals surface area (Å²) in [5, 5.41) is 0. The van der Waals surface area contributed by atoms with Crippen LogP contribution in [0.25, 0.3) is 11.2 Å². The molecule has 0 saturated carbocycles. The van der Waals surface area contributed by atoms with Gasteiger partial charge in [0.15, 0.2) is 5.58 Å². The summed E-state index contributed by atoms with van der Waals surface area (Å²) in [4.78, 5) is 7.84. The average Bonchev–Trinajstić information content (AvgIpc) is 2.31. The number of pyridine rings is 1. The zero-order chi connectivity index (χ0) is 7.84. The van der Waals surface area contributed by atoms with E-state index >= 15 is 0 Å². The normalized spacial score (nSPS) is 10.6. The molecule has 0 saturated heterocycles. The van der Waals surface area contributed by atoms with Gasteiger partial charge in [-0.15, -0.1) is 0 Å². The molecule has 0 aromatic carbocycles. The molecule has 0 spiro atoms. The summed E-state index contributed by atoms with van der Waals surface area (Å²) >= 11 is 2.14. The topological polar surface area (TPSA) is 64.9 Å². The minimum Gasteiger partial charge on any atom is -0.421 e. The van der Waals surface area contributed by atoms with E-state index in [1.54, 1.807) is 6.20 Å². The van der Waals surface area contributed by atoms with Gasteiger partial charge in [-0.1, -0.05) is 0 Å². The molecule has 2 N–H and O–H groups in total. The Labute approximate surface area is 75.9 Å². The van der Waals surface area contributed by atoms with Crippen molar-refractivity contribution in [2.75, 3.05) is 5.73 Å². The van der Waals surface area contributed by atoms with Crippen LogP contribution in [0.15, 0.2) is 16.7 Å². The van der Waals surface area contributed by atoms with Gasteiger partial charge in [0.2, 0.25) is 5.65 Å². The van der Waals surface area contributed by atoms with E-state index in [0.29, 0.717) is 11.2 Å². The van der Waals surface area contributed by atoms with Crippen LogP contribution in [0, 0.1) is 3.57 Å². The van der Waals surface area contributed by atoms with E-state index in [1.165, 1.54) is 0 Å². The highest BCUT2D eigenvalue weighted by atomic mass is 127. The molecular formula is C6H4IN3O. The van der Waals surface area contributed by atoms with Crippen LogP contribution < -0.4 is 5.73 Å². The number of nitrogens with two attached hydrogens (primary N) is 1. The lowest BCUT2D eigenvalue weighted by Gasteiger charge is -1.86. The lowest BCUT2D eigenvalue weighted by atomic mass is 10.5. The average molecular weight is 261 g/mol. The van der Waals surface area contributed by atoms with Gasteiger partial charge >= 0.3 is 0 Å². The number of aromatic nitrogens is 2. The number of nitrogens with zero attached hydrogens (tertiary/aromatic N) is 2. The molecule has 0 atom stereocenters. The summed E-state index contributed by atoms with van der Waals surface area (Å²) in [7, 11) is 0. The Balaban J connectivity index is 2.90. The molecule has 0 amide bonds. The number of rotatable bonds is 0. The van der Waals surface area contributed by atoms with Gasteiger partial charge in [-0.3, -0.25) is 0 Å². The highest BCUT2D eigenvalue weighted by Gasteiger charge is 2.05. The van der Waals surface area contributed by atoms with Gasteiger partial charge in [0.05, 0.1) is 3.57 Å². The fourth-order valence-corrected chi connectivity index (χ4v) is 1.33. The Hall–Kier alpha value is -0.850. The summed E-state index contributed by atoms with van der Waals surface area (Å²) in [5.41, 5.74) is 6.56. The molecule has 0 aliphatic heterocycles. The molecule has 0 radical (unpaired) electrons. The van der Waals surface area contributed by atoms with E-state index in [0.717, 1.165) is 3.57 Å². The van der Waals surface area contributed by atoms with Crippen molar-refractivity contribution in [3.63, 3.8) is 0 Å². The van der Waals surface area contributed by atoms with Crippen LogP contribution in [0.1, 0.15) is 0 Å². The quantitative estimate of drug-likeness (QED) is 0.728. The van der Waals surface area contributed by atoms with Crippen LogP contribution in [0.4, 0.5) is 6.01 Å². The number of halogens is 1. The first kappa shape index (κ1) is 6.84. The molecule has 4 nitrogen and oxygen atoms in total. The first-order chi connectivity index (χ1) is 5.27. The summed E-state index contributed by atoms with van der Waals surface area (Å²) in [5.74, 6) is 0. The number of hydrogen-bond donors (Lipinski definition) is 1. The number of anilines is 1. The molecule has 2 heterocycles. The Morgan fingerprint density at radius 2 is 2.36 bits per heavy atom. The third-order valence-corrected chi connectivity index (χ3v) is 2.11. The molecule has 0 unspecified atom stereocenters. The molecule has 0 fully saturated rings.